The predicted octanol–water partition coefficient (Wildman–Crippen LogP) is 0.276. The first-order valence-corrected chi connectivity index (χ1v) is 4.99. The van der Waals surface area contributed by atoms with Gasteiger partial charge in [-0.3, -0.25) is 4.79 Å². The van der Waals surface area contributed by atoms with Crippen molar-refractivity contribution in [3.8, 4) is 0 Å². The summed E-state index contributed by atoms with van der Waals surface area (Å²) in [6.07, 6.45) is 3.47. The Morgan fingerprint density at radius 2 is 2.31 bits per heavy atom. The molecular formula is C10H13N5O. The summed E-state index contributed by atoms with van der Waals surface area (Å²) in [5.41, 5.74) is 0.745. The third-order valence-corrected chi connectivity index (χ3v) is 2.26. The lowest BCUT2D eigenvalue weighted by molar-refractivity contribution is -0.121. The van der Waals surface area contributed by atoms with E-state index in [0.29, 0.717) is 5.82 Å². The first kappa shape index (κ1) is 10.4. The maximum atomic E-state index is 11.3. The maximum absolute atomic E-state index is 11.3. The van der Waals surface area contributed by atoms with Gasteiger partial charge in [0.05, 0.1) is 6.20 Å². The Morgan fingerprint density at radius 3 is 3.06 bits per heavy atom. The van der Waals surface area contributed by atoms with Crippen LogP contribution in [0.5, 0.6) is 0 Å². The van der Waals surface area contributed by atoms with Crippen LogP contribution in [0.25, 0.3) is 5.65 Å². The smallest absolute Gasteiger partial charge is 0.241 e. The van der Waals surface area contributed by atoms with Gasteiger partial charge in [-0.05, 0) is 13.0 Å². The fraction of sp³-hybridized carbons (Fsp3) is 0.300. The highest BCUT2D eigenvalue weighted by Crippen LogP contribution is 2.07. The molecule has 0 aliphatic rings. The summed E-state index contributed by atoms with van der Waals surface area (Å²) in [5.74, 6) is 0.583. The van der Waals surface area contributed by atoms with Gasteiger partial charge in [0, 0.05) is 19.3 Å². The van der Waals surface area contributed by atoms with Crippen molar-refractivity contribution < 1.29 is 4.79 Å². The molecule has 0 bridgehead atoms. The summed E-state index contributed by atoms with van der Waals surface area (Å²) >= 11 is 0. The molecule has 0 saturated carbocycles. The summed E-state index contributed by atoms with van der Waals surface area (Å²) in [6.45, 7) is 1.78. The summed E-state index contributed by atoms with van der Waals surface area (Å²) in [7, 11) is 1.61. The van der Waals surface area contributed by atoms with E-state index in [0.717, 1.165) is 5.65 Å². The van der Waals surface area contributed by atoms with Crippen LogP contribution in [0.15, 0.2) is 24.5 Å². The number of rotatable bonds is 3. The Kier molecular flexibility index (Phi) is 2.72. The Balaban J connectivity index is 2.17. The highest BCUT2D eigenvalue weighted by molar-refractivity contribution is 5.83. The number of nitrogens with zero attached hydrogens (tertiary/aromatic N) is 3. The van der Waals surface area contributed by atoms with Crippen LogP contribution in [0.4, 0.5) is 5.82 Å². The standard InChI is InChI=1S/C10H13N5O/c1-7(10(16)11-2)13-8-4-6-15-9(14-8)3-5-12-15/h3-7H,1-2H3,(H,11,16)(H,13,14). The van der Waals surface area contributed by atoms with Crippen molar-refractivity contribution in [3.63, 3.8) is 0 Å². The van der Waals surface area contributed by atoms with E-state index in [-0.39, 0.29) is 11.9 Å². The van der Waals surface area contributed by atoms with E-state index in [1.165, 1.54) is 0 Å². The predicted molar refractivity (Wildman–Crippen MR) is 60.1 cm³/mol. The minimum Gasteiger partial charge on any atom is -0.359 e. The number of carbonyl (C=O) groups is 1. The Morgan fingerprint density at radius 1 is 1.50 bits per heavy atom. The fourth-order valence-electron chi connectivity index (χ4n) is 1.40. The van der Waals surface area contributed by atoms with E-state index >= 15 is 0 Å². The van der Waals surface area contributed by atoms with Crippen molar-refractivity contribution in [2.24, 2.45) is 0 Å². The summed E-state index contributed by atoms with van der Waals surface area (Å²) < 4.78 is 1.66. The molecule has 16 heavy (non-hydrogen) atoms. The first-order valence-electron chi connectivity index (χ1n) is 4.99. The molecule has 0 radical (unpaired) electrons. The van der Waals surface area contributed by atoms with Gasteiger partial charge in [0.15, 0.2) is 5.65 Å². The number of anilines is 1. The minimum absolute atomic E-state index is 0.0739. The molecule has 2 heterocycles. The zero-order chi connectivity index (χ0) is 11.5. The number of hydrogen-bond donors (Lipinski definition) is 2. The number of carbonyl (C=O) groups excluding carboxylic acids is 1. The van der Waals surface area contributed by atoms with Crippen molar-refractivity contribution >= 4 is 17.4 Å². The third-order valence-electron chi connectivity index (χ3n) is 2.26. The zero-order valence-electron chi connectivity index (χ0n) is 9.14. The topological polar surface area (TPSA) is 71.3 Å². The Hall–Kier alpha value is -2.11. The molecule has 1 amide bonds. The highest BCUT2D eigenvalue weighted by Gasteiger charge is 2.10. The fourth-order valence-corrected chi connectivity index (χ4v) is 1.40. The van der Waals surface area contributed by atoms with Gasteiger partial charge in [-0.2, -0.15) is 5.10 Å². The van der Waals surface area contributed by atoms with Gasteiger partial charge in [-0.1, -0.05) is 0 Å². The second-order valence-electron chi connectivity index (χ2n) is 3.43. The SMILES string of the molecule is CNC(=O)C(C)Nc1ccn2nccc2n1. The van der Waals surface area contributed by atoms with Crippen LogP contribution >= 0.6 is 0 Å². The third kappa shape index (κ3) is 1.95. The number of amides is 1. The van der Waals surface area contributed by atoms with Crippen LogP contribution in [0, 0.1) is 0 Å². The number of fused-ring (bicyclic) bond motifs is 1. The van der Waals surface area contributed by atoms with Crippen LogP contribution in [-0.4, -0.2) is 33.6 Å². The van der Waals surface area contributed by atoms with Gasteiger partial charge in [-0.15, -0.1) is 0 Å². The monoisotopic (exact) mass is 219 g/mol. The molecule has 2 N–H and O–H groups in total. The van der Waals surface area contributed by atoms with Crippen molar-refractivity contribution in [1.29, 1.82) is 0 Å². The highest BCUT2D eigenvalue weighted by atomic mass is 16.2. The van der Waals surface area contributed by atoms with Crippen molar-refractivity contribution in [3.05, 3.63) is 24.5 Å². The summed E-state index contributed by atoms with van der Waals surface area (Å²) in [4.78, 5) is 15.6. The van der Waals surface area contributed by atoms with Crippen LogP contribution in [0.3, 0.4) is 0 Å². The molecule has 0 saturated heterocycles. The van der Waals surface area contributed by atoms with E-state index in [1.54, 1.807) is 43.0 Å². The molecule has 0 spiro atoms. The molecular weight excluding hydrogens is 206 g/mol. The van der Waals surface area contributed by atoms with Gasteiger partial charge < -0.3 is 10.6 Å². The molecule has 6 nitrogen and oxygen atoms in total. The van der Waals surface area contributed by atoms with Crippen LogP contribution in [-0.2, 0) is 4.79 Å². The molecule has 0 aliphatic carbocycles. The van der Waals surface area contributed by atoms with Gasteiger partial charge >= 0.3 is 0 Å². The maximum Gasteiger partial charge on any atom is 0.241 e. The lowest BCUT2D eigenvalue weighted by atomic mass is 10.3. The molecule has 2 aromatic heterocycles. The average Bonchev–Trinajstić information content (AvgIpc) is 2.75. The summed E-state index contributed by atoms with van der Waals surface area (Å²) in [6, 6.07) is 3.26. The number of hydrogen-bond acceptors (Lipinski definition) is 4. The van der Waals surface area contributed by atoms with Crippen molar-refractivity contribution in [1.82, 2.24) is 19.9 Å². The Labute approximate surface area is 92.7 Å². The van der Waals surface area contributed by atoms with Crippen LogP contribution in [0.1, 0.15) is 6.92 Å². The molecule has 0 aliphatic heterocycles. The van der Waals surface area contributed by atoms with Crippen LogP contribution < -0.4 is 10.6 Å². The number of nitrogens with one attached hydrogen (secondary N) is 2. The van der Waals surface area contributed by atoms with E-state index < -0.39 is 0 Å². The average molecular weight is 219 g/mol. The first-order chi connectivity index (χ1) is 7.70. The number of aromatic nitrogens is 3. The van der Waals surface area contributed by atoms with Crippen LogP contribution in [0.2, 0.25) is 0 Å². The molecule has 0 aromatic carbocycles. The van der Waals surface area contributed by atoms with E-state index in [2.05, 4.69) is 20.7 Å². The van der Waals surface area contributed by atoms with E-state index in [9.17, 15) is 4.79 Å². The molecule has 0 fully saturated rings. The second kappa shape index (κ2) is 4.18. The van der Waals surface area contributed by atoms with Gasteiger partial charge in [0.2, 0.25) is 5.91 Å². The summed E-state index contributed by atoms with van der Waals surface area (Å²) in [5, 5.41) is 9.62. The lowest BCUT2D eigenvalue weighted by Gasteiger charge is -2.12. The zero-order valence-corrected chi connectivity index (χ0v) is 9.14. The molecule has 6 heteroatoms. The van der Waals surface area contributed by atoms with Gasteiger partial charge in [-0.25, -0.2) is 9.50 Å². The molecule has 2 rings (SSSR count). The van der Waals surface area contributed by atoms with E-state index in [4.69, 9.17) is 0 Å². The largest absolute Gasteiger partial charge is 0.359 e. The molecule has 2 aromatic rings. The molecule has 84 valence electrons. The number of likely N-dealkylation sites (N-methyl/N-ethyl adjacent to an activating group) is 1. The molecule has 1 unspecified atom stereocenters. The quantitative estimate of drug-likeness (QED) is 0.777. The van der Waals surface area contributed by atoms with Crippen molar-refractivity contribution in [2.75, 3.05) is 12.4 Å². The van der Waals surface area contributed by atoms with Gasteiger partial charge in [0.1, 0.15) is 11.9 Å². The van der Waals surface area contributed by atoms with E-state index in [1.807, 2.05) is 0 Å². The minimum atomic E-state index is -0.317. The lowest BCUT2D eigenvalue weighted by Crippen LogP contribution is -2.35. The van der Waals surface area contributed by atoms with Gasteiger partial charge in [0.25, 0.3) is 0 Å². The van der Waals surface area contributed by atoms with Crippen molar-refractivity contribution in [2.45, 2.75) is 13.0 Å². The Bertz CT molecular complexity index is 507. The normalized spacial score (nSPS) is 12.4. The molecule has 1 atom stereocenters. The second-order valence-corrected chi connectivity index (χ2v) is 3.43.